The zero-order valence-electron chi connectivity index (χ0n) is 14.3. The number of fused-ring (bicyclic) bond motifs is 1. The maximum atomic E-state index is 12.5. The summed E-state index contributed by atoms with van der Waals surface area (Å²) < 4.78 is 2.35. The van der Waals surface area contributed by atoms with Gasteiger partial charge in [0.1, 0.15) is 16.6 Å². The van der Waals surface area contributed by atoms with Crippen LogP contribution >= 0.6 is 11.3 Å². The molecule has 27 heavy (non-hydrogen) atoms. The summed E-state index contributed by atoms with van der Waals surface area (Å²) in [5.41, 5.74) is 1.61. The van der Waals surface area contributed by atoms with Crippen LogP contribution in [0, 0.1) is 23.5 Å². The molecule has 3 heterocycles. The lowest BCUT2D eigenvalue weighted by molar-refractivity contribution is -0.597. The molecule has 0 aliphatic rings. The molecule has 3 aromatic heterocycles. The minimum absolute atomic E-state index is 0.180. The molecule has 0 amide bonds. The number of nitriles is 1. The highest BCUT2D eigenvalue weighted by atomic mass is 32.1. The topological polar surface area (TPSA) is 84.8 Å². The molecule has 6 nitrogen and oxygen atoms in total. The molecule has 0 atom stereocenters. The van der Waals surface area contributed by atoms with E-state index in [1.807, 2.05) is 30.3 Å². The van der Waals surface area contributed by atoms with Crippen LogP contribution in [0.1, 0.15) is 10.6 Å². The van der Waals surface area contributed by atoms with Crippen molar-refractivity contribution >= 4 is 33.1 Å². The lowest BCUT2D eigenvalue weighted by Crippen LogP contribution is -2.33. The lowest BCUT2D eigenvalue weighted by Gasteiger charge is -2.11. The van der Waals surface area contributed by atoms with E-state index >= 15 is 0 Å². The van der Waals surface area contributed by atoms with Crippen LogP contribution in [0.3, 0.4) is 0 Å². The van der Waals surface area contributed by atoms with Gasteiger partial charge in [0.2, 0.25) is 0 Å². The van der Waals surface area contributed by atoms with Crippen molar-refractivity contribution in [2.75, 3.05) is 5.32 Å². The number of thiophene rings is 1. The van der Waals surface area contributed by atoms with E-state index in [9.17, 15) is 15.3 Å². The highest BCUT2D eigenvalue weighted by Gasteiger charge is 2.21. The number of benzene rings is 1. The van der Waals surface area contributed by atoms with Crippen LogP contribution in [-0.4, -0.2) is 4.57 Å². The van der Waals surface area contributed by atoms with Gasteiger partial charge in [-0.05, 0) is 31.2 Å². The Bertz CT molecular complexity index is 1250. The van der Waals surface area contributed by atoms with E-state index < -0.39 is 0 Å². The third kappa shape index (κ3) is 2.82. The zero-order chi connectivity index (χ0) is 19.0. The number of anilines is 2. The first-order chi connectivity index (χ1) is 13.1. The molecular weight excluding hydrogens is 360 g/mol. The molecular formula is C20H14N4O2S. The van der Waals surface area contributed by atoms with Crippen LogP contribution in [0.4, 0.5) is 11.5 Å². The zero-order valence-corrected chi connectivity index (χ0v) is 15.2. The van der Waals surface area contributed by atoms with Crippen LogP contribution in [0.2, 0.25) is 0 Å². The number of rotatable bonds is 3. The molecule has 0 saturated carbocycles. The van der Waals surface area contributed by atoms with Gasteiger partial charge >= 0.3 is 0 Å². The summed E-state index contributed by atoms with van der Waals surface area (Å²) in [6.45, 7) is 1.71. The molecule has 0 bridgehead atoms. The molecule has 0 aliphatic heterocycles. The second-order valence-corrected chi connectivity index (χ2v) is 6.95. The first-order valence-corrected chi connectivity index (χ1v) is 9.02. The van der Waals surface area contributed by atoms with Crippen molar-refractivity contribution in [3.63, 3.8) is 0 Å². The van der Waals surface area contributed by atoms with Gasteiger partial charge in [0, 0.05) is 12.1 Å². The van der Waals surface area contributed by atoms with E-state index in [0.29, 0.717) is 32.3 Å². The van der Waals surface area contributed by atoms with Gasteiger partial charge in [0.25, 0.3) is 11.4 Å². The highest BCUT2D eigenvalue weighted by Crippen LogP contribution is 2.36. The second-order valence-electron chi connectivity index (χ2n) is 5.95. The molecule has 132 valence electrons. The normalized spacial score (nSPS) is 10.7. The van der Waals surface area contributed by atoms with Crippen LogP contribution in [0.25, 0.3) is 15.9 Å². The first kappa shape index (κ1) is 16.8. The van der Waals surface area contributed by atoms with Crippen LogP contribution in [0.5, 0.6) is 0 Å². The molecule has 0 fully saturated rings. The SMILES string of the molecule is Cc1cccc(Nc2c(C#N)sc3c2ccc(=O)n3-c2ccccc2)[n+]1[O-]. The minimum atomic E-state index is -0.180. The molecule has 0 radical (unpaired) electrons. The van der Waals surface area contributed by atoms with Crippen molar-refractivity contribution < 1.29 is 4.73 Å². The summed E-state index contributed by atoms with van der Waals surface area (Å²) in [6.07, 6.45) is 0. The number of hydrogen-bond acceptors (Lipinski definition) is 5. The number of para-hydroxylation sites is 1. The number of nitrogens with zero attached hydrogens (tertiary/aromatic N) is 3. The quantitative estimate of drug-likeness (QED) is 0.438. The van der Waals surface area contributed by atoms with Gasteiger partial charge < -0.3 is 5.21 Å². The highest BCUT2D eigenvalue weighted by molar-refractivity contribution is 7.20. The standard InChI is InChI=1S/C20H14N4O2S/c1-13-6-5-9-17(24(13)26)22-19-15-10-11-18(25)23(14-7-3-2-4-8-14)20(15)27-16(19)12-21/h2-11,22H,1H3. The predicted octanol–water partition coefficient (Wildman–Crippen LogP) is 3.61. The summed E-state index contributed by atoms with van der Waals surface area (Å²) in [6, 6.07) is 19.7. The molecule has 4 rings (SSSR count). The van der Waals surface area contributed by atoms with E-state index in [2.05, 4.69) is 11.4 Å². The Morgan fingerprint density at radius 1 is 1.11 bits per heavy atom. The Morgan fingerprint density at radius 3 is 2.63 bits per heavy atom. The third-order valence-corrected chi connectivity index (χ3v) is 5.34. The third-order valence-electron chi connectivity index (χ3n) is 4.24. The number of nitrogens with one attached hydrogen (secondary N) is 1. The number of hydrogen-bond donors (Lipinski definition) is 1. The predicted molar refractivity (Wildman–Crippen MR) is 106 cm³/mol. The molecule has 0 spiro atoms. The van der Waals surface area contributed by atoms with Gasteiger partial charge in [0.15, 0.2) is 10.6 Å². The van der Waals surface area contributed by atoms with Gasteiger partial charge in [-0.3, -0.25) is 9.36 Å². The van der Waals surface area contributed by atoms with E-state index in [4.69, 9.17) is 0 Å². The average Bonchev–Trinajstić information content (AvgIpc) is 3.03. The Morgan fingerprint density at radius 2 is 1.89 bits per heavy atom. The van der Waals surface area contributed by atoms with Gasteiger partial charge in [0.05, 0.1) is 11.1 Å². The summed E-state index contributed by atoms with van der Waals surface area (Å²) in [4.78, 5) is 13.6. The molecule has 0 unspecified atom stereocenters. The maximum absolute atomic E-state index is 12.5. The fourth-order valence-corrected chi connectivity index (χ4v) is 4.00. The van der Waals surface area contributed by atoms with Gasteiger partial charge in [-0.2, -0.15) is 5.26 Å². The minimum Gasteiger partial charge on any atom is -0.710 e. The van der Waals surface area contributed by atoms with E-state index in [-0.39, 0.29) is 5.56 Å². The lowest BCUT2D eigenvalue weighted by atomic mass is 10.2. The Labute approximate surface area is 158 Å². The molecule has 0 saturated heterocycles. The summed E-state index contributed by atoms with van der Waals surface area (Å²) >= 11 is 1.22. The van der Waals surface area contributed by atoms with Crippen molar-refractivity contribution in [3.05, 3.63) is 86.8 Å². The van der Waals surface area contributed by atoms with Crippen molar-refractivity contribution in [3.8, 4) is 11.8 Å². The Balaban J connectivity index is 1.96. The Kier molecular flexibility index (Phi) is 4.11. The largest absolute Gasteiger partial charge is 0.710 e. The fourth-order valence-electron chi connectivity index (χ4n) is 2.93. The first-order valence-electron chi connectivity index (χ1n) is 8.20. The molecule has 1 N–H and O–H groups in total. The number of aryl methyl sites for hydroxylation is 1. The summed E-state index contributed by atoms with van der Waals surface area (Å²) in [5.74, 6) is 0.323. The van der Waals surface area contributed by atoms with Crippen molar-refractivity contribution in [2.24, 2.45) is 0 Å². The van der Waals surface area contributed by atoms with Gasteiger partial charge in [-0.1, -0.05) is 24.3 Å². The van der Waals surface area contributed by atoms with Crippen molar-refractivity contribution in [1.29, 1.82) is 5.26 Å². The number of pyridine rings is 2. The maximum Gasteiger partial charge on any atom is 0.282 e. The second kappa shape index (κ2) is 6.59. The molecule has 4 aromatic rings. The fraction of sp³-hybridized carbons (Fsp3) is 0.0500. The summed E-state index contributed by atoms with van der Waals surface area (Å²) in [7, 11) is 0. The van der Waals surface area contributed by atoms with Crippen molar-refractivity contribution in [2.45, 2.75) is 6.92 Å². The molecule has 0 aliphatic carbocycles. The van der Waals surface area contributed by atoms with Crippen LogP contribution in [0.15, 0.2) is 65.5 Å². The van der Waals surface area contributed by atoms with Gasteiger partial charge in [-0.15, -0.1) is 11.3 Å². The van der Waals surface area contributed by atoms with E-state index in [0.717, 1.165) is 10.4 Å². The Hall–Kier alpha value is -3.63. The molecule has 7 heteroatoms. The van der Waals surface area contributed by atoms with Crippen LogP contribution in [-0.2, 0) is 0 Å². The monoisotopic (exact) mass is 374 g/mol. The van der Waals surface area contributed by atoms with Gasteiger partial charge in [-0.25, -0.2) is 10.0 Å². The van der Waals surface area contributed by atoms with E-state index in [1.165, 1.54) is 17.4 Å². The van der Waals surface area contributed by atoms with E-state index in [1.54, 1.807) is 35.8 Å². The number of aromatic nitrogens is 2. The molecule has 1 aromatic carbocycles. The summed E-state index contributed by atoms with van der Waals surface area (Å²) in [5, 5.41) is 25.7. The van der Waals surface area contributed by atoms with Crippen molar-refractivity contribution in [1.82, 2.24) is 4.57 Å². The smallest absolute Gasteiger partial charge is 0.282 e. The van der Waals surface area contributed by atoms with Crippen LogP contribution < -0.4 is 15.6 Å². The average molecular weight is 374 g/mol.